The van der Waals surface area contributed by atoms with Gasteiger partial charge in [-0.2, -0.15) is 0 Å². The van der Waals surface area contributed by atoms with Crippen molar-refractivity contribution in [1.29, 1.82) is 0 Å². The maximum atomic E-state index is 10.5. The van der Waals surface area contributed by atoms with Crippen molar-refractivity contribution in [1.82, 2.24) is 0 Å². The van der Waals surface area contributed by atoms with Gasteiger partial charge in [0.05, 0.1) is 10.1 Å². The van der Waals surface area contributed by atoms with Gasteiger partial charge in [-0.15, -0.1) is 0 Å². The SMILES string of the molecule is O=S(=O)([O-])CCCCCCCc1ccccc1OCc1ccccc1.[Na+]. The van der Waals surface area contributed by atoms with Gasteiger partial charge >= 0.3 is 29.6 Å². The predicted octanol–water partition coefficient (Wildman–Crippen LogP) is 1.31. The molecular formula is C20H25NaO4S. The molecule has 0 radical (unpaired) electrons. The molecule has 4 nitrogen and oxygen atoms in total. The Bertz CT molecular complexity index is 732. The number of para-hydroxylation sites is 1. The van der Waals surface area contributed by atoms with Crippen molar-refractivity contribution < 1.29 is 47.3 Å². The van der Waals surface area contributed by atoms with E-state index in [0.717, 1.165) is 43.4 Å². The molecule has 0 unspecified atom stereocenters. The topological polar surface area (TPSA) is 66.4 Å². The van der Waals surface area contributed by atoms with E-state index in [4.69, 9.17) is 4.74 Å². The van der Waals surface area contributed by atoms with Gasteiger partial charge in [0.15, 0.2) is 0 Å². The van der Waals surface area contributed by atoms with Gasteiger partial charge in [0.1, 0.15) is 12.4 Å². The molecule has 26 heavy (non-hydrogen) atoms. The average Bonchev–Trinajstić information content (AvgIpc) is 2.60. The van der Waals surface area contributed by atoms with Crippen LogP contribution >= 0.6 is 0 Å². The molecular weight excluding hydrogens is 359 g/mol. The third-order valence-corrected chi connectivity index (χ3v) is 4.84. The normalized spacial score (nSPS) is 11.0. The maximum absolute atomic E-state index is 10.5. The fraction of sp³-hybridized carbons (Fsp3) is 0.400. The van der Waals surface area contributed by atoms with Crippen LogP contribution in [0.3, 0.4) is 0 Å². The molecule has 2 rings (SSSR count). The summed E-state index contributed by atoms with van der Waals surface area (Å²) in [5.41, 5.74) is 2.34. The number of aryl methyl sites for hydroxylation is 1. The second-order valence-electron chi connectivity index (χ2n) is 6.16. The molecule has 0 aliphatic rings. The summed E-state index contributed by atoms with van der Waals surface area (Å²) in [5.74, 6) is 0.673. The zero-order valence-corrected chi connectivity index (χ0v) is 18.2. The molecule has 0 aliphatic carbocycles. The predicted molar refractivity (Wildman–Crippen MR) is 98.6 cm³/mol. The van der Waals surface area contributed by atoms with E-state index in [1.54, 1.807) is 0 Å². The quantitative estimate of drug-likeness (QED) is 0.333. The summed E-state index contributed by atoms with van der Waals surface area (Å²) in [4.78, 5) is 0. The fourth-order valence-electron chi connectivity index (χ4n) is 2.71. The van der Waals surface area contributed by atoms with Crippen LogP contribution in [0.2, 0.25) is 0 Å². The Morgan fingerprint density at radius 1 is 0.808 bits per heavy atom. The van der Waals surface area contributed by atoms with Gasteiger partial charge in [0.25, 0.3) is 0 Å². The van der Waals surface area contributed by atoms with Crippen molar-refractivity contribution in [2.24, 2.45) is 0 Å². The van der Waals surface area contributed by atoms with E-state index in [1.165, 1.54) is 5.56 Å². The van der Waals surface area contributed by atoms with Crippen LogP contribution < -0.4 is 34.3 Å². The third-order valence-electron chi connectivity index (χ3n) is 4.05. The minimum atomic E-state index is -4.06. The van der Waals surface area contributed by atoms with E-state index in [9.17, 15) is 13.0 Å². The second-order valence-corrected chi connectivity index (χ2v) is 7.69. The Balaban J connectivity index is 0.00000338. The van der Waals surface area contributed by atoms with E-state index in [-0.39, 0.29) is 35.3 Å². The van der Waals surface area contributed by atoms with Crippen LogP contribution in [0.25, 0.3) is 0 Å². The van der Waals surface area contributed by atoms with E-state index in [0.29, 0.717) is 13.0 Å². The first-order valence-corrected chi connectivity index (χ1v) is 10.3. The first kappa shape index (κ1) is 23.2. The molecule has 136 valence electrons. The summed E-state index contributed by atoms with van der Waals surface area (Å²) >= 11 is 0. The van der Waals surface area contributed by atoms with E-state index in [1.807, 2.05) is 48.5 Å². The molecule has 0 N–H and O–H groups in total. The number of unbranched alkanes of at least 4 members (excludes halogenated alkanes) is 4. The average molecular weight is 384 g/mol. The number of rotatable bonds is 11. The largest absolute Gasteiger partial charge is 1.00 e. The van der Waals surface area contributed by atoms with Crippen molar-refractivity contribution >= 4 is 10.1 Å². The molecule has 0 bridgehead atoms. The van der Waals surface area contributed by atoms with Crippen molar-refractivity contribution in [2.45, 2.75) is 45.1 Å². The van der Waals surface area contributed by atoms with Crippen molar-refractivity contribution in [2.75, 3.05) is 5.75 Å². The molecule has 6 heteroatoms. The third kappa shape index (κ3) is 9.74. The number of hydrogen-bond acceptors (Lipinski definition) is 4. The van der Waals surface area contributed by atoms with Crippen molar-refractivity contribution in [3.63, 3.8) is 0 Å². The molecule has 0 aromatic heterocycles. The van der Waals surface area contributed by atoms with Crippen LogP contribution in [-0.2, 0) is 23.1 Å². The Morgan fingerprint density at radius 3 is 2.15 bits per heavy atom. The summed E-state index contributed by atoms with van der Waals surface area (Å²) in [5, 5.41) is 0. The molecule has 0 spiro atoms. The van der Waals surface area contributed by atoms with Gasteiger partial charge in [-0.3, -0.25) is 0 Å². The molecule has 0 amide bonds. The summed E-state index contributed by atoms with van der Waals surface area (Å²) in [6, 6.07) is 18.2. The second kappa shape index (κ2) is 12.5. The van der Waals surface area contributed by atoms with Crippen molar-refractivity contribution in [3.8, 4) is 5.75 Å². The van der Waals surface area contributed by atoms with Gasteiger partial charge in [-0.05, 0) is 36.5 Å². The van der Waals surface area contributed by atoms with Gasteiger partial charge in [-0.25, -0.2) is 8.42 Å². The Morgan fingerprint density at radius 2 is 1.42 bits per heavy atom. The fourth-order valence-corrected chi connectivity index (χ4v) is 3.27. The van der Waals surface area contributed by atoms with Gasteiger partial charge in [-0.1, -0.05) is 67.8 Å². The molecule has 0 fully saturated rings. The minimum absolute atomic E-state index is 0. The van der Waals surface area contributed by atoms with Crippen LogP contribution in [0.4, 0.5) is 0 Å². The summed E-state index contributed by atoms with van der Waals surface area (Å²) in [6.45, 7) is 0.557. The van der Waals surface area contributed by atoms with Gasteiger partial charge < -0.3 is 9.29 Å². The summed E-state index contributed by atoms with van der Waals surface area (Å²) in [7, 11) is -4.06. The van der Waals surface area contributed by atoms with Gasteiger partial charge in [0.2, 0.25) is 0 Å². The van der Waals surface area contributed by atoms with Crippen LogP contribution in [0.5, 0.6) is 5.75 Å². The summed E-state index contributed by atoms with van der Waals surface area (Å²) < 4.78 is 37.6. The van der Waals surface area contributed by atoms with E-state index in [2.05, 4.69) is 6.07 Å². The Hall–Kier alpha value is -0.850. The molecule has 0 aliphatic heterocycles. The molecule has 2 aromatic carbocycles. The van der Waals surface area contributed by atoms with Gasteiger partial charge in [0, 0.05) is 5.75 Å². The smallest absolute Gasteiger partial charge is 0.748 e. The number of benzene rings is 2. The summed E-state index contributed by atoms with van der Waals surface area (Å²) in [6.07, 6.45) is 5.17. The van der Waals surface area contributed by atoms with Crippen molar-refractivity contribution in [3.05, 3.63) is 65.7 Å². The zero-order chi connectivity index (χ0) is 18.0. The monoisotopic (exact) mass is 384 g/mol. The minimum Gasteiger partial charge on any atom is -0.748 e. The van der Waals surface area contributed by atoms with Crippen LogP contribution in [0.1, 0.15) is 43.2 Å². The molecule has 0 atom stereocenters. The maximum Gasteiger partial charge on any atom is 1.00 e. The zero-order valence-electron chi connectivity index (χ0n) is 15.4. The van der Waals surface area contributed by atoms with Crippen LogP contribution in [-0.4, -0.2) is 18.7 Å². The van der Waals surface area contributed by atoms with Crippen LogP contribution in [0.15, 0.2) is 54.6 Å². The Labute approximate surface area is 179 Å². The Kier molecular flexibility index (Phi) is 11.2. The first-order valence-electron chi connectivity index (χ1n) is 8.73. The standard InChI is InChI=1S/C20H26O4S.Na/c21-25(22,23)16-10-3-1-2-7-13-19-14-8-9-15-20(19)24-17-18-11-5-4-6-12-18;/h4-6,8-9,11-12,14-15H,1-3,7,10,13,16-17H2,(H,21,22,23);/q;+1/p-1. The number of ether oxygens (including phenoxy) is 1. The molecule has 2 aromatic rings. The van der Waals surface area contributed by atoms with E-state index >= 15 is 0 Å². The molecule has 0 heterocycles. The van der Waals surface area contributed by atoms with Crippen LogP contribution in [0, 0.1) is 0 Å². The molecule has 0 saturated heterocycles. The number of hydrogen-bond donors (Lipinski definition) is 0. The van der Waals surface area contributed by atoms with E-state index < -0.39 is 10.1 Å². The first-order chi connectivity index (χ1) is 12.0. The molecule has 0 saturated carbocycles.